The summed E-state index contributed by atoms with van der Waals surface area (Å²) in [6.07, 6.45) is 5.73. The number of hydrogen-bond donors (Lipinski definition) is 0. The summed E-state index contributed by atoms with van der Waals surface area (Å²) < 4.78 is 8.65. The lowest BCUT2D eigenvalue weighted by molar-refractivity contribution is 0.0514. The number of esters is 1. The van der Waals surface area contributed by atoms with Crippen molar-refractivity contribution >= 4 is 27.5 Å². The van der Waals surface area contributed by atoms with E-state index >= 15 is 0 Å². The van der Waals surface area contributed by atoms with Gasteiger partial charge in [0.15, 0.2) is 0 Å². The molecule has 0 spiro atoms. The van der Waals surface area contributed by atoms with Gasteiger partial charge in [-0.15, -0.1) is 11.3 Å². The second-order valence-electron chi connectivity index (χ2n) is 6.81. The number of carbonyl (C=O) groups excluding carboxylic acids is 1. The molecule has 0 saturated heterocycles. The highest BCUT2D eigenvalue weighted by Crippen LogP contribution is 2.27. The van der Waals surface area contributed by atoms with E-state index in [9.17, 15) is 9.59 Å². The van der Waals surface area contributed by atoms with Crippen molar-refractivity contribution < 1.29 is 9.53 Å². The van der Waals surface area contributed by atoms with Gasteiger partial charge in [-0.3, -0.25) is 14.0 Å². The highest BCUT2D eigenvalue weighted by atomic mass is 32.1. The Bertz CT molecular complexity index is 1220. The van der Waals surface area contributed by atoms with Gasteiger partial charge in [-0.2, -0.15) is 5.10 Å². The predicted octanol–water partition coefficient (Wildman–Crippen LogP) is 2.95. The lowest BCUT2D eigenvalue weighted by atomic mass is 10.2. The minimum absolute atomic E-state index is 0.170. The molecule has 0 unspecified atom stereocenters. The van der Waals surface area contributed by atoms with Crippen LogP contribution in [0.5, 0.6) is 0 Å². The van der Waals surface area contributed by atoms with Gasteiger partial charge in [0.25, 0.3) is 5.56 Å². The zero-order chi connectivity index (χ0) is 20.4. The Labute approximate surface area is 171 Å². The highest BCUT2D eigenvalue weighted by Gasteiger charge is 2.20. The molecule has 7 nitrogen and oxygen atoms in total. The molecule has 4 rings (SSSR count). The van der Waals surface area contributed by atoms with Gasteiger partial charge < -0.3 is 4.74 Å². The Morgan fingerprint density at radius 1 is 1.21 bits per heavy atom. The Hall–Kier alpha value is -3.26. The van der Waals surface area contributed by atoms with E-state index < -0.39 is 5.97 Å². The first-order chi connectivity index (χ1) is 14.0. The van der Waals surface area contributed by atoms with E-state index in [1.165, 1.54) is 22.2 Å². The van der Waals surface area contributed by atoms with Gasteiger partial charge in [0, 0.05) is 25.2 Å². The zero-order valence-electron chi connectivity index (χ0n) is 16.2. The number of carbonyl (C=O) groups is 1. The van der Waals surface area contributed by atoms with Crippen molar-refractivity contribution in [2.45, 2.75) is 19.9 Å². The number of aromatic nitrogens is 4. The van der Waals surface area contributed by atoms with E-state index in [0.717, 1.165) is 11.1 Å². The predicted molar refractivity (Wildman–Crippen MR) is 111 cm³/mol. The highest BCUT2D eigenvalue weighted by molar-refractivity contribution is 7.20. The summed E-state index contributed by atoms with van der Waals surface area (Å²) >= 11 is 1.20. The minimum atomic E-state index is -0.417. The maximum Gasteiger partial charge on any atom is 0.348 e. The summed E-state index contributed by atoms with van der Waals surface area (Å²) in [7, 11) is 1.83. The molecule has 0 atom stereocenters. The number of nitrogens with zero attached hydrogens (tertiary/aromatic N) is 4. The fraction of sp³-hybridized carbons (Fsp3) is 0.238. The van der Waals surface area contributed by atoms with Crippen LogP contribution in [0.1, 0.15) is 26.4 Å². The van der Waals surface area contributed by atoms with Crippen LogP contribution >= 0.6 is 11.3 Å². The smallest absolute Gasteiger partial charge is 0.348 e. The van der Waals surface area contributed by atoms with Gasteiger partial charge in [0.05, 0.1) is 31.1 Å². The molecule has 0 aliphatic heterocycles. The number of hydrogen-bond acceptors (Lipinski definition) is 6. The molecule has 0 fully saturated rings. The quantitative estimate of drug-likeness (QED) is 0.458. The Balaban J connectivity index is 1.54. The number of rotatable bonds is 6. The van der Waals surface area contributed by atoms with Crippen LogP contribution in [-0.4, -0.2) is 31.9 Å². The number of ether oxygens (including phenoxy) is 1. The normalized spacial score (nSPS) is 11.1. The Kier molecular flexibility index (Phi) is 5.26. The lowest BCUT2D eigenvalue weighted by Gasteiger charge is -2.04. The SMILES string of the molecule is Cc1c(C(=O)OCCc2ccccc2)sc2ncn(Cc3cnn(C)c3)c(=O)c12. The van der Waals surface area contributed by atoms with Crippen molar-refractivity contribution in [3.05, 3.63) is 81.0 Å². The van der Waals surface area contributed by atoms with Crippen molar-refractivity contribution in [1.82, 2.24) is 19.3 Å². The molecular weight excluding hydrogens is 388 g/mol. The standard InChI is InChI=1S/C21H20N4O3S/c1-14-17-19(22-13-25(20(17)26)12-16-10-23-24(2)11-16)29-18(14)21(27)28-9-8-15-6-4-3-5-7-15/h3-7,10-11,13H,8-9,12H2,1-2H3. The second kappa shape index (κ2) is 8.00. The van der Waals surface area contributed by atoms with Crippen LogP contribution in [0.25, 0.3) is 10.2 Å². The van der Waals surface area contributed by atoms with Gasteiger partial charge in [-0.05, 0) is 18.1 Å². The third kappa shape index (κ3) is 3.97. The topological polar surface area (TPSA) is 79.0 Å². The fourth-order valence-corrected chi connectivity index (χ4v) is 4.22. The van der Waals surface area contributed by atoms with Crippen LogP contribution < -0.4 is 5.56 Å². The minimum Gasteiger partial charge on any atom is -0.461 e. The first-order valence-electron chi connectivity index (χ1n) is 9.20. The van der Waals surface area contributed by atoms with Gasteiger partial charge in [0.2, 0.25) is 0 Å². The van der Waals surface area contributed by atoms with Crippen molar-refractivity contribution in [2.75, 3.05) is 6.61 Å². The molecule has 1 aromatic carbocycles. The number of fused-ring (bicyclic) bond motifs is 1. The van der Waals surface area contributed by atoms with Crippen molar-refractivity contribution in [3.63, 3.8) is 0 Å². The van der Waals surface area contributed by atoms with E-state index in [-0.39, 0.29) is 12.2 Å². The van der Waals surface area contributed by atoms with E-state index in [4.69, 9.17) is 4.74 Å². The fourth-order valence-electron chi connectivity index (χ4n) is 3.19. The molecule has 29 heavy (non-hydrogen) atoms. The van der Waals surface area contributed by atoms with Crippen LogP contribution in [0.4, 0.5) is 0 Å². The summed E-state index contributed by atoms with van der Waals surface area (Å²) in [5.41, 5.74) is 2.46. The molecule has 0 amide bonds. The van der Waals surface area contributed by atoms with Gasteiger partial charge in [0.1, 0.15) is 9.71 Å². The number of benzene rings is 1. The maximum atomic E-state index is 12.9. The Morgan fingerprint density at radius 2 is 2.00 bits per heavy atom. The zero-order valence-corrected chi connectivity index (χ0v) is 17.0. The number of aryl methyl sites for hydroxylation is 2. The molecule has 3 aromatic heterocycles. The molecule has 0 bridgehead atoms. The van der Waals surface area contributed by atoms with E-state index in [1.807, 2.05) is 43.6 Å². The molecule has 0 radical (unpaired) electrons. The van der Waals surface area contributed by atoms with E-state index in [2.05, 4.69) is 10.1 Å². The van der Waals surface area contributed by atoms with Crippen LogP contribution in [0.15, 0.2) is 53.8 Å². The molecule has 148 valence electrons. The first-order valence-corrected chi connectivity index (χ1v) is 10.0. The average molecular weight is 408 g/mol. The van der Waals surface area contributed by atoms with Gasteiger partial charge >= 0.3 is 5.97 Å². The maximum absolute atomic E-state index is 12.9. The molecule has 8 heteroatoms. The third-order valence-electron chi connectivity index (χ3n) is 4.68. The molecule has 0 saturated carbocycles. The summed E-state index contributed by atoms with van der Waals surface area (Å²) in [6.45, 7) is 2.43. The van der Waals surface area contributed by atoms with Crippen LogP contribution in [-0.2, 0) is 24.8 Å². The summed E-state index contributed by atoms with van der Waals surface area (Å²) in [4.78, 5) is 30.9. The summed E-state index contributed by atoms with van der Waals surface area (Å²) in [5.74, 6) is -0.417. The molecule has 0 aliphatic rings. The molecular formula is C21H20N4O3S. The van der Waals surface area contributed by atoms with Crippen LogP contribution in [0.3, 0.4) is 0 Å². The van der Waals surface area contributed by atoms with Crippen LogP contribution in [0, 0.1) is 6.92 Å². The number of thiophene rings is 1. The second-order valence-corrected chi connectivity index (χ2v) is 7.81. The molecule has 0 aliphatic carbocycles. The lowest BCUT2D eigenvalue weighted by Crippen LogP contribution is -2.21. The van der Waals surface area contributed by atoms with Gasteiger partial charge in [-0.25, -0.2) is 9.78 Å². The van der Waals surface area contributed by atoms with Crippen molar-refractivity contribution in [3.8, 4) is 0 Å². The Morgan fingerprint density at radius 3 is 2.72 bits per heavy atom. The van der Waals surface area contributed by atoms with Crippen molar-refractivity contribution in [2.24, 2.45) is 7.05 Å². The first kappa shape index (κ1) is 19.1. The monoisotopic (exact) mass is 408 g/mol. The molecule has 0 N–H and O–H groups in total. The van der Waals surface area contributed by atoms with Crippen molar-refractivity contribution in [1.29, 1.82) is 0 Å². The summed E-state index contributed by atoms with van der Waals surface area (Å²) in [5, 5.41) is 4.59. The summed E-state index contributed by atoms with van der Waals surface area (Å²) in [6, 6.07) is 9.84. The molecule has 3 heterocycles. The van der Waals surface area contributed by atoms with Crippen LogP contribution in [0.2, 0.25) is 0 Å². The van der Waals surface area contributed by atoms with Gasteiger partial charge in [-0.1, -0.05) is 30.3 Å². The van der Waals surface area contributed by atoms with E-state index in [0.29, 0.717) is 33.6 Å². The largest absolute Gasteiger partial charge is 0.461 e. The average Bonchev–Trinajstić information content (AvgIpc) is 3.28. The van der Waals surface area contributed by atoms with E-state index in [1.54, 1.807) is 17.8 Å². The molecule has 4 aromatic rings. The third-order valence-corrected chi connectivity index (χ3v) is 5.86.